The van der Waals surface area contributed by atoms with Crippen molar-refractivity contribution in [2.24, 2.45) is 0 Å². The molecule has 2 aromatic heterocycles. The van der Waals surface area contributed by atoms with Crippen molar-refractivity contribution in [3.8, 4) is 11.3 Å². The molecule has 1 fully saturated rings. The van der Waals surface area contributed by atoms with E-state index in [0.717, 1.165) is 61.1 Å². The summed E-state index contributed by atoms with van der Waals surface area (Å²) in [5.74, 6) is 2.80. The molecular weight excluding hydrogens is 355 g/mol. The zero-order valence-electron chi connectivity index (χ0n) is 15.8. The normalized spacial score (nSPS) is 19.5. The van der Waals surface area contributed by atoms with Crippen molar-refractivity contribution in [1.29, 1.82) is 0 Å². The maximum Gasteiger partial charge on any atom is 0.155 e. The number of anilines is 1. The Morgan fingerprint density at radius 3 is 2.50 bits per heavy atom. The number of aryl methyl sites for hydroxylation is 1. The standard InChI is InChI=1S/C21H23FN6/c22-16-9-7-15(8-10-16)17-11-12-20(24-23-17)27-13-3-1-5-18(27)21-26-25-19-6-2-4-14-28(19)21/h7-12,18H,1-6,13-14H2. The van der Waals surface area contributed by atoms with Gasteiger partial charge in [-0.05, 0) is 68.5 Å². The van der Waals surface area contributed by atoms with E-state index in [2.05, 4.69) is 29.9 Å². The number of hydrogen-bond acceptors (Lipinski definition) is 5. The first kappa shape index (κ1) is 17.3. The highest BCUT2D eigenvalue weighted by atomic mass is 19.1. The molecular formula is C21H23FN6. The number of hydrogen-bond donors (Lipinski definition) is 0. The van der Waals surface area contributed by atoms with Crippen LogP contribution in [0.15, 0.2) is 36.4 Å². The summed E-state index contributed by atoms with van der Waals surface area (Å²) in [5.41, 5.74) is 1.61. The molecule has 2 aliphatic heterocycles. The van der Waals surface area contributed by atoms with E-state index in [1.807, 2.05) is 12.1 Å². The quantitative estimate of drug-likeness (QED) is 0.691. The predicted molar refractivity (Wildman–Crippen MR) is 104 cm³/mol. The van der Waals surface area contributed by atoms with Gasteiger partial charge in [0.15, 0.2) is 11.6 Å². The highest BCUT2D eigenvalue weighted by molar-refractivity contribution is 5.59. The van der Waals surface area contributed by atoms with E-state index in [0.29, 0.717) is 0 Å². The number of benzene rings is 1. The highest BCUT2D eigenvalue weighted by Gasteiger charge is 2.31. The second kappa shape index (κ2) is 7.30. The third-order valence-corrected chi connectivity index (χ3v) is 5.77. The first-order chi connectivity index (χ1) is 13.8. The topological polar surface area (TPSA) is 59.7 Å². The number of nitrogens with zero attached hydrogens (tertiary/aromatic N) is 6. The lowest BCUT2D eigenvalue weighted by Crippen LogP contribution is -2.36. The van der Waals surface area contributed by atoms with Crippen molar-refractivity contribution in [2.75, 3.05) is 11.4 Å². The molecule has 0 amide bonds. The second-order valence-corrected chi connectivity index (χ2v) is 7.57. The first-order valence-electron chi connectivity index (χ1n) is 10.1. The van der Waals surface area contributed by atoms with Crippen LogP contribution in [0.2, 0.25) is 0 Å². The zero-order chi connectivity index (χ0) is 18.9. The van der Waals surface area contributed by atoms with Gasteiger partial charge in [-0.1, -0.05) is 0 Å². The molecule has 0 radical (unpaired) electrons. The number of aromatic nitrogens is 5. The summed E-state index contributed by atoms with van der Waals surface area (Å²) in [4.78, 5) is 2.32. The molecule has 5 rings (SSSR count). The van der Waals surface area contributed by atoms with E-state index in [9.17, 15) is 4.39 Å². The summed E-state index contributed by atoms with van der Waals surface area (Å²) in [6.07, 6.45) is 6.79. The Balaban J connectivity index is 1.43. The van der Waals surface area contributed by atoms with E-state index in [-0.39, 0.29) is 11.9 Å². The molecule has 0 saturated carbocycles. The van der Waals surface area contributed by atoms with E-state index in [1.54, 1.807) is 12.1 Å². The molecule has 1 aromatic carbocycles. The van der Waals surface area contributed by atoms with Gasteiger partial charge in [0.2, 0.25) is 0 Å². The molecule has 1 unspecified atom stereocenters. The van der Waals surface area contributed by atoms with Crippen LogP contribution in [-0.2, 0) is 13.0 Å². The van der Waals surface area contributed by atoms with Crippen molar-refractivity contribution >= 4 is 5.82 Å². The van der Waals surface area contributed by atoms with Gasteiger partial charge < -0.3 is 9.47 Å². The predicted octanol–water partition coefficient (Wildman–Crippen LogP) is 3.94. The minimum Gasteiger partial charge on any atom is -0.345 e. The molecule has 6 nitrogen and oxygen atoms in total. The molecule has 2 aliphatic rings. The monoisotopic (exact) mass is 378 g/mol. The summed E-state index contributed by atoms with van der Waals surface area (Å²) >= 11 is 0. The van der Waals surface area contributed by atoms with Gasteiger partial charge in [-0.2, -0.15) is 0 Å². The van der Waals surface area contributed by atoms with Gasteiger partial charge in [-0.15, -0.1) is 20.4 Å². The molecule has 144 valence electrons. The van der Waals surface area contributed by atoms with Crippen LogP contribution in [0.1, 0.15) is 49.8 Å². The van der Waals surface area contributed by atoms with Gasteiger partial charge in [0.1, 0.15) is 11.6 Å². The van der Waals surface area contributed by atoms with Gasteiger partial charge in [-0.25, -0.2) is 4.39 Å². The number of halogens is 1. The SMILES string of the molecule is Fc1ccc(-c2ccc(N3CCCCC3c3nnc4n3CCCC4)nn2)cc1. The van der Waals surface area contributed by atoms with E-state index in [1.165, 1.54) is 31.4 Å². The third kappa shape index (κ3) is 3.15. The Labute approximate surface area is 163 Å². The highest BCUT2D eigenvalue weighted by Crippen LogP contribution is 2.34. The summed E-state index contributed by atoms with van der Waals surface area (Å²) in [5, 5.41) is 17.9. The Morgan fingerprint density at radius 2 is 1.68 bits per heavy atom. The molecule has 0 bridgehead atoms. The van der Waals surface area contributed by atoms with Crippen LogP contribution in [0.3, 0.4) is 0 Å². The third-order valence-electron chi connectivity index (χ3n) is 5.77. The fraction of sp³-hybridized carbons (Fsp3) is 0.429. The smallest absolute Gasteiger partial charge is 0.155 e. The average molecular weight is 378 g/mol. The summed E-state index contributed by atoms with van der Waals surface area (Å²) in [7, 11) is 0. The van der Waals surface area contributed by atoms with E-state index in [4.69, 9.17) is 0 Å². The zero-order valence-corrected chi connectivity index (χ0v) is 15.8. The molecule has 0 aliphatic carbocycles. The first-order valence-corrected chi connectivity index (χ1v) is 10.1. The number of piperidine rings is 1. The largest absolute Gasteiger partial charge is 0.345 e. The van der Waals surface area contributed by atoms with Gasteiger partial charge in [-0.3, -0.25) is 0 Å². The van der Waals surface area contributed by atoms with Crippen LogP contribution in [0.4, 0.5) is 10.2 Å². The fourth-order valence-corrected chi connectivity index (χ4v) is 4.30. The van der Waals surface area contributed by atoms with Crippen LogP contribution >= 0.6 is 0 Å². The van der Waals surface area contributed by atoms with Gasteiger partial charge in [0.25, 0.3) is 0 Å². The average Bonchev–Trinajstić information content (AvgIpc) is 3.19. The number of rotatable bonds is 3. The second-order valence-electron chi connectivity index (χ2n) is 7.57. The lowest BCUT2D eigenvalue weighted by atomic mass is 10.0. The maximum atomic E-state index is 13.2. The summed E-state index contributed by atoms with van der Waals surface area (Å²) in [6.45, 7) is 1.95. The Bertz CT molecular complexity index is 950. The molecule has 1 saturated heterocycles. The Hall–Kier alpha value is -2.83. The van der Waals surface area contributed by atoms with Crippen LogP contribution in [0.25, 0.3) is 11.3 Å². The van der Waals surface area contributed by atoms with Crippen LogP contribution < -0.4 is 4.90 Å². The van der Waals surface area contributed by atoms with Crippen molar-refractivity contribution in [2.45, 2.75) is 51.1 Å². The van der Waals surface area contributed by atoms with E-state index >= 15 is 0 Å². The molecule has 0 N–H and O–H groups in total. The summed E-state index contributed by atoms with van der Waals surface area (Å²) in [6, 6.07) is 10.5. The van der Waals surface area contributed by atoms with Crippen molar-refractivity contribution in [3.05, 3.63) is 53.9 Å². The van der Waals surface area contributed by atoms with Crippen molar-refractivity contribution in [1.82, 2.24) is 25.0 Å². The van der Waals surface area contributed by atoms with Crippen LogP contribution in [0.5, 0.6) is 0 Å². The molecule has 3 aromatic rings. The molecule has 0 spiro atoms. The fourth-order valence-electron chi connectivity index (χ4n) is 4.30. The minimum absolute atomic E-state index is 0.194. The van der Waals surface area contributed by atoms with Gasteiger partial charge in [0, 0.05) is 25.1 Å². The lowest BCUT2D eigenvalue weighted by molar-refractivity contribution is 0.420. The Morgan fingerprint density at radius 1 is 0.821 bits per heavy atom. The van der Waals surface area contributed by atoms with Crippen LogP contribution in [-0.4, -0.2) is 31.5 Å². The van der Waals surface area contributed by atoms with E-state index < -0.39 is 0 Å². The van der Waals surface area contributed by atoms with Crippen molar-refractivity contribution in [3.63, 3.8) is 0 Å². The van der Waals surface area contributed by atoms with Crippen molar-refractivity contribution < 1.29 is 4.39 Å². The minimum atomic E-state index is -0.249. The molecule has 28 heavy (non-hydrogen) atoms. The molecule has 7 heteroatoms. The Kier molecular flexibility index (Phi) is 4.50. The van der Waals surface area contributed by atoms with Crippen LogP contribution in [0, 0.1) is 5.82 Å². The van der Waals surface area contributed by atoms with Gasteiger partial charge in [0.05, 0.1) is 11.7 Å². The summed E-state index contributed by atoms with van der Waals surface area (Å²) < 4.78 is 15.5. The molecule has 1 atom stereocenters. The number of fused-ring (bicyclic) bond motifs is 1. The maximum absolute atomic E-state index is 13.2. The molecule has 4 heterocycles. The van der Waals surface area contributed by atoms with Gasteiger partial charge >= 0.3 is 0 Å². The lowest BCUT2D eigenvalue weighted by Gasteiger charge is -2.36.